The van der Waals surface area contributed by atoms with Crippen molar-refractivity contribution in [2.45, 2.75) is 57.8 Å². The highest BCUT2D eigenvalue weighted by Crippen LogP contribution is 2.26. The van der Waals surface area contributed by atoms with E-state index in [-0.39, 0.29) is 24.4 Å². The molecule has 2 aromatic rings. The van der Waals surface area contributed by atoms with Crippen LogP contribution in [0.2, 0.25) is 0 Å². The van der Waals surface area contributed by atoms with Crippen molar-refractivity contribution in [2.75, 3.05) is 7.11 Å². The van der Waals surface area contributed by atoms with Crippen LogP contribution in [-0.2, 0) is 9.59 Å². The smallest absolute Gasteiger partial charge is 0.159 e. The lowest BCUT2D eigenvalue weighted by Gasteiger charge is -2.16. The summed E-state index contributed by atoms with van der Waals surface area (Å²) in [4.78, 5) is 23.2. The summed E-state index contributed by atoms with van der Waals surface area (Å²) in [6.45, 7) is 2.01. The van der Waals surface area contributed by atoms with Gasteiger partial charge in [-0.3, -0.25) is 9.59 Å². The molecule has 0 radical (unpaired) electrons. The fraction of sp³-hybridized carbons (Fsp3) is 0.357. The topological polar surface area (TPSA) is 43.4 Å². The number of halogens is 2. The second-order valence-electron chi connectivity index (χ2n) is 8.55. The second-order valence-corrected chi connectivity index (χ2v) is 8.55. The zero-order valence-electron chi connectivity index (χ0n) is 19.2. The normalized spacial score (nSPS) is 23.3. The van der Waals surface area contributed by atoms with Crippen LogP contribution in [0.4, 0.5) is 8.78 Å². The highest BCUT2D eigenvalue weighted by atomic mass is 19.1. The third-order valence-electron chi connectivity index (χ3n) is 5.84. The van der Waals surface area contributed by atoms with Crippen molar-refractivity contribution >= 4 is 23.7 Å². The second kappa shape index (κ2) is 11.7. The van der Waals surface area contributed by atoms with Gasteiger partial charge in [0, 0.05) is 25.7 Å². The van der Waals surface area contributed by atoms with E-state index in [0.717, 1.165) is 16.9 Å². The largest absolute Gasteiger partial charge is 0.497 e. The van der Waals surface area contributed by atoms with Gasteiger partial charge >= 0.3 is 0 Å². The summed E-state index contributed by atoms with van der Waals surface area (Å²) in [5.41, 5.74) is 4.28. The summed E-state index contributed by atoms with van der Waals surface area (Å²) in [6.07, 6.45) is 3.77. The number of Topliss-reactive ketones (excluding diaryl/α,β-unsaturated/α-hetero) is 2. The summed E-state index contributed by atoms with van der Waals surface area (Å²) in [6, 6.07) is 15.3. The van der Waals surface area contributed by atoms with Gasteiger partial charge in [0.2, 0.25) is 0 Å². The molecular weight excluding hydrogens is 422 g/mol. The molecule has 0 saturated heterocycles. The first-order valence-electron chi connectivity index (χ1n) is 11.3. The van der Waals surface area contributed by atoms with Crippen molar-refractivity contribution < 1.29 is 23.1 Å². The van der Waals surface area contributed by atoms with Crippen molar-refractivity contribution in [1.29, 1.82) is 0 Å². The zero-order chi connectivity index (χ0) is 23.8. The van der Waals surface area contributed by atoms with Gasteiger partial charge in [0.25, 0.3) is 0 Å². The molecule has 5 heteroatoms. The van der Waals surface area contributed by atoms with Crippen LogP contribution in [0.3, 0.4) is 0 Å². The van der Waals surface area contributed by atoms with Gasteiger partial charge in [-0.05, 0) is 66.3 Å². The number of ketones is 2. The fourth-order valence-electron chi connectivity index (χ4n) is 3.85. The number of carbonyl (C=O) groups excluding carboxylic acids is 2. The maximum Gasteiger partial charge on any atom is 0.159 e. The van der Waals surface area contributed by atoms with E-state index in [1.165, 1.54) is 5.56 Å². The fourth-order valence-corrected chi connectivity index (χ4v) is 3.85. The lowest BCUT2D eigenvalue weighted by molar-refractivity contribution is -0.117. The van der Waals surface area contributed by atoms with Crippen LogP contribution >= 0.6 is 0 Å². The van der Waals surface area contributed by atoms with Crippen LogP contribution in [0, 0.1) is 6.92 Å². The molecule has 174 valence electrons. The Bertz CT molecular complexity index is 1020. The maximum atomic E-state index is 13.2. The Kier molecular flexibility index (Phi) is 8.70. The lowest BCUT2D eigenvalue weighted by atomic mass is 9.91. The molecule has 2 fully saturated rings. The molecule has 0 spiro atoms. The quantitative estimate of drug-likeness (QED) is 0.491. The number of methoxy groups -OCH3 is 1. The molecule has 2 atom stereocenters. The molecule has 3 nitrogen and oxygen atoms in total. The van der Waals surface area contributed by atoms with Gasteiger partial charge < -0.3 is 4.74 Å². The Hall–Kier alpha value is -3.08. The van der Waals surface area contributed by atoms with Gasteiger partial charge in [-0.2, -0.15) is 0 Å². The summed E-state index contributed by atoms with van der Waals surface area (Å²) in [7, 11) is 1.60. The molecule has 2 aromatic carbocycles. The van der Waals surface area contributed by atoms with Gasteiger partial charge in [0.15, 0.2) is 11.6 Å². The minimum atomic E-state index is -0.878. The van der Waals surface area contributed by atoms with Crippen LogP contribution in [-0.4, -0.2) is 31.0 Å². The Morgan fingerprint density at radius 1 is 0.758 bits per heavy atom. The molecule has 0 heterocycles. The molecule has 33 heavy (non-hydrogen) atoms. The number of allylic oxidation sites excluding steroid dienone is 2. The molecule has 2 unspecified atom stereocenters. The predicted octanol–water partition coefficient (Wildman–Crippen LogP) is 6.64. The Balaban J connectivity index is 0.000000186. The minimum absolute atomic E-state index is 0.0646. The first kappa shape index (κ1) is 24.6. The van der Waals surface area contributed by atoms with Crippen LogP contribution < -0.4 is 4.74 Å². The number of aryl methyl sites for hydroxylation is 1. The molecule has 0 aliphatic heterocycles. The molecule has 2 aliphatic rings. The monoisotopic (exact) mass is 452 g/mol. The molecule has 4 rings (SSSR count). The third-order valence-corrected chi connectivity index (χ3v) is 5.84. The summed E-state index contributed by atoms with van der Waals surface area (Å²) >= 11 is 0. The summed E-state index contributed by atoms with van der Waals surface area (Å²) in [5, 5.41) is 0. The van der Waals surface area contributed by atoms with E-state index in [0.29, 0.717) is 36.8 Å². The van der Waals surface area contributed by atoms with E-state index in [4.69, 9.17) is 4.74 Å². The van der Waals surface area contributed by atoms with Crippen molar-refractivity contribution in [3.8, 4) is 5.75 Å². The average Bonchev–Trinajstić information content (AvgIpc) is 2.81. The number of hydrogen-bond donors (Lipinski definition) is 0. The number of rotatable bonds is 3. The van der Waals surface area contributed by atoms with E-state index in [1.54, 1.807) is 13.2 Å². The standard InChI is InChI=1S/C14H15FO2.C14H15FO/c1-17-13-5-2-10(3-6-13)8-11-9-12(15)4-7-14(11)16;1-10-2-4-11(5-3-10)8-12-9-13(15)6-7-14(12)16/h2-3,5-6,8,12H,4,7,9H2,1H3;2-5,8,13H,6-7,9H2,1H3/b11-8-;12-8-. The van der Waals surface area contributed by atoms with Gasteiger partial charge in [-0.15, -0.1) is 0 Å². The highest BCUT2D eigenvalue weighted by Gasteiger charge is 2.23. The minimum Gasteiger partial charge on any atom is -0.497 e. The Labute approximate surface area is 194 Å². The molecule has 0 bridgehead atoms. The summed E-state index contributed by atoms with van der Waals surface area (Å²) < 4.78 is 31.4. The maximum absolute atomic E-state index is 13.2. The van der Waals surface area contributed by atoms with Crippen molar-refractivity contribution in [1.82, 2.24) is 0 Å². The van der Waals surface area contributed by atoms with Crippen LogP contribution in [0.15, 0.2) is 59.7 Å². The number of alkyl halides is 2. The predicted molar refractivity (Wildman–Crippen MR) is 128 cm³/mol. The van der Waals surface area contributed by atoms with Crippen molar-refractivity contribution in [3.05, 3.63) is 76.4 Å². The summed E-state index contributed by atoms with van der Waals surface area (Å²) in [5.74, 6) is 0.926. The van der Waals surface area contributed by atoms with Gasteiger partial charge in [0.1, 0.15) is 18.1 Å². The van der Waals surface area contributed by atoms with Crippen LogP contribution in [0.5, 0.6) is 5.75 Å². The van der Waals surface area contributed by atoms with Crippen LogP contribution in [0.25, 0.3) is 12.2 Å². The third kappa shape index (κ3) is 7.48. The number of ether oxygens (including phenoxy) is 1. The SMILES string of the molecule is COc1ccc(/C=C2/CC(F)CCC2=O)cc1.Cc1ccc(/C=C2/CC(F)CCC2=O)cc1. The highest BCUT2D eigenvalue weighted by molar-refractivity contribution is 6.00. The van der Waals surface area contributed by atoms with E-state index < -0.39 is 12.3 Å². The van der Waals surface area contributed by atoms with Gasteiger partial charge in [-0.25, -0.2) is 8.78 Å². The van der Waals surface area contributed by atoms with Crippen LogP contribution in [0.1, 0.15) is 55.2 Å². The lowest BCUT2D eigenvalue weighted by Crippen LogP contribution is -2.17. The number of benzene rings is 2. The molecule has 0 N–H and O–H groups in total. The Morgan fingerprint density at radius 2 is 1.18 bits per heavy atom. The first-order valence-corrected chi connectivity index (χ1v) is 11.3. The van der Waals surface area contributed by atoms with Crippen molar-refractivity contribution in [3.63, 3.8) is 0 Å². The molecule has 0 amide bonds. The molecule has 0 aromatic heterocycles. The molecule has 2 saturated carbocycles. The van der Waals surface area contributed by atoms with E-state index in [9.17, 15) is 18.4 Å². The first-order chi connectivity index (χ1) is 15.8. The molecule has 2 aliphatic carbocycles. The van der Waals surface area contributed by atoms with Gasteiger partial charge in [0.05, 0.1) is 7.11 Å². The average molecular weight is 453 g/mol. The van der Waals surface area contributed by atoms with E-state index in [1.807, 2.05) is 61.5 Å². The number of carbonyl (C=O) groups is 2. The van der Waals surface area contributed by atoms with E-state index in [2.05, 4.69) is 0 Å². The zero-order valence-corrected chi connectivity index (χ0v) is 19.2. The van der Waals surface area contributed by atoms with Crippen molar-refractivity contribution in [2.24, 2.45) is 0 Å². The molecular formula is C28H30F2O3. The number of hydrogen-bond acceptors (Lipinski definition) is 3. The Morgan fingerprint density at radius 3 is 1.61 bits per heavy atom. The van der Waals surface area contributed by atoms with Gasteiger partial charge in [-0.1, -0.05) is 42.0 Å². The van der Waals surface area contributed by atoms with E-state index >= 15 is 0 Å².